The van der Waals surface area contributed by atoms with Gasteiger partial charge in [0, 0.05) is 0 Å². The minimum Gasteiger partial charge on any atom is -0.466 e. The van der Waals surface area contributed by atoms with Gasteiger partial charge in [0.25, 0.3) is 0 Å². The monoisotopic (exact) mass is 640 g/mol. The van der Waals surface area contributed by atoms with E-state index in [9.17, 15) is 4.79 Å². The first-order valence-corrected chi connectivity index (χ1v) is 15.3. The first-order chi connectivity index (χ1) is 21.8. The summed E-state index contributed by atoms with van der Waals surface area (Å²) in [5, 5.41) is 0. The van der Waals surface area contributed by atoms with E-state index in [2.05, 4.69) is 5.92 Å². The highest BCUT2D eigenvalue weighted by atomic mass is 16.6. The fourth-order valence-corrected chi connectivity index (χ4v) is 2.94. The molecule has 0 radical (unpaired) electrons. The molecule has 0 aliphatic carbocycles. The molecule has 0 spiro atoms. The van der Waals surface area contributed by atoms with Crippen LogP contribution in [0.2, 0.25) is 0 Å². The predicted molar refractivity (Wildman–Crippen MR) is 160 cm³/mol. The number of hydrogen-bond acceptors (Lipinski definition) is 14. The lowest BCUT2D eigenvalue weighted by Gasteiger charge is -2.09. The second-order valence-corrected chi connectivity index (χ2v) is 8.55. The van der Waals surface area contributed by atoms with Crippen LogP contribution in [-0.2, 0) is 66.4 Å². The number of esters is 1. The molecule has 0 N–H and O–H groups in total. The van der Waals surface area contributed by atoms with E-state index in [1.54, 1.807) is 6.92 Å². The number of hydrogen-bond donors (Lipinski definition) is 0. The van der Waals surface area contributed by atoms with E-state index >= 15 is 0 Å². The Kier molecular flexibility index (Phi) is 38.3. The Bertz CT molecular complexity index is 605. The average molecular weight is 641 g/mol. The highest BCUT2D eigenvalue weighted by Gasteiger charge is 2.01. The summed E-state index contributed by atoms with van der Waals surface area (Å²) in [6.07, 6.45) is 5.33. The number of carbonyl (C=O) groups excluding carboxylic acids is 1. The molecule has 0 aliphatic heterocycles. The van der Waals surface area contributed by atoms with Crippen LogP contribution in [0.3, 0.4) is 0 Å². The molecule has 14 nitrogen and oxygen atoms in total. The van der Waals surface area contributed by atoms with Crippen molar-refractivity contribution in [3.8, 4) is 12.3 Å². The van der Waals surface area contributed by atoms with Gasteiger partial charge in [-0.05, 0) is 6.92 Å². The van der Waals surface area contributed by atoms with Crippen molar-refractivity contribution >= 4 is 5.97 Å². The molecule has 0 bridgehead atoms. The zero-order valence-electron chi connectivity index (χ0n) is 26.7. The summed E-state index contributed by atoms with van der Waals surface area (Å²) in [6.45, 7) is 13.6. The molecule has 14 heteroatoms. The van der Waals surface area contributed by atoms with Crippen LogP contribution in [0.4, 0.5) is 0 Å². The summed E-state index contributed by atoms with van der Waals surface area (Å²) in [4.78, 5) is 11.1. The molecule has 0 aliphatic rings. The molecule has 260 valence electrons. The molecule has 0 saturated carbocycles. The molecule has 0 aromatic heterocycles. The van der Waals surface area contributed by atoms with Crippen LogP contribution >= 0.6 is 0 Å². The van der Waals surface area contributed by atoms with Crippen LogP contribution < -0.4 is 0 Å². The minimum atomic E-state index is -0.252. The van der Waals surface area contributed by atoms with Gasteiger partial charge in [0.2, 0.25) is 0 Å². The highest BCUT2D eigenvalue weighted by molar-refractivity contribution is 5.69. The average Bonchev–Trinajstić information content (AvgIpc) is 3.02. The minimum absolute atomic E-state index is 0.252. The van der Waals surface area contributed by atoms with E-state index < -0.39 is 0 Å². The third kappa shape index (κ3) is 38.6. The number of rotatable bonds is 38. The first-order valence-electron chi connectivity index (χ1n) is 15.3. The second kappa shape index (κ2) is 39.6. The largest absolute Gasteiger partial charge is 0.466 e. The van der Waals surface area contributed by atoms with Gasteiger partial charge in [0.15, 0.2) is 0 Å². The zero-order chi connectivity index (χ0) is 31.9. The summed E-state index contributed by atoms with van der Waals surface area (Å²) >= 11 is 0. The fourth-order valence-electron chi connectivity index (χ4n) is 2.94. The molecule has 0 heterocycles. The molecular formula is C30H56O14. The maximum atomic E-state index is 11.1. The topological polar surface area (TPSA) is 137 Å². The van der Waals surface area contributed by atoms with Crippen molar-refractivity contribution in [2.24, 2.45) is 0 Å². The van der Waals surface area contributed by atoms with E-state index in [1.807, 2.05) is 0 Å². The summed E-state index contributed by atoms with van der Waals surface area (Å²) < 4.78 is 69.5. The lowest BCUT2D eigenvalue weighted by Crippen LogP contribution is -2.15. The van der Waals surface area contributed by atoms with Gasteiger partial charge in [-0.2, -0.15) is 0 Å². The van der Waals surface area contributed by atoms with E-state index in [0.29, 0.717) is 165 Å². The van der Waals surface area contributed by atoms with Crippen molar-refractivity contribution in [1.29, 1.82) is 0 Å². The molecular weight excluding hydrogens is 584 g/mol. The molecule has 0 aromatic carbocycles. The van der Waals surface area contributed by atoms with Crippen LogP contribution in [0, 0.1) is 12.3 Å². The number of ether oxygens (including phenoxy) is 13. The molecule has 0 amide bonds. The lowest BCUT2D eigenvalue weighted by atomic mass is 10.5. The third-order valence-corrected chi connectivity index (χ3v) is 5.03. The maximum Gasteiger partial charge on any atom is 0.308 e. The maximum absolute atomic E-state index is 11.1. The normalized spacial score (nSPS) is 11.2. The van der Waals surface area contributed by atoms with Crippen molar-refractivity contribution in [2.45, 2.75) is 13.3 Å². The van der Waals surface area contributed by atoms with Crippen LogP contribution in [0.1, 0.15) is 13.3 Å². The van der Waals surface area contributed by atoms with Gasteiger partial charge in [-0.15, -0.1) is 6.42 Å². The van der Waals surface area contributed by atoms with Gasteiger partial charge in [0.05, 0.1) is 165 Å². The lowest BCUT2D eigenvalue weighted by molar-refractivity contribution is -0.144. The number of carbonyl (C=O) groups is 1. The molecule has 0 unspecified atom stereocenters. The summed E-state index contributed by atoms with van der Waals surface area (Å²) in [5.41, 5.74) is 0. The summed E-state index contributed by atoms with van der Waals surface area (Å²) in [7, 11) is 0. The van der Waals surface area contributed by atoms with Crippen molar-refractivity contribution in [3.63, 3.8) is 0 Å². The van der Waals surface area contributed by atoms with E-state index in [0.717, 1.165) is 0 Å². The van der Waals surface area contributed by atoms with Crippen molar-refractivity contribution < 1.29 is 66.4 Å². The standard InChI is InChI=1S/C30H56O14/c1-3-6-32-8-10-34-12-14-36-16-18-38-20-22-40-24-26-42-28-29-43-27-25-41-23-21-39-19-17-37-15-13-35-11-9-33-7-5-30(31)44-4-2/h1H,4-29H2,2H3. The molecule has 44 heavy (non-hydrogen) atoms. The van der Waals surface area contributed by atoms with Gasteiger partial charge in [-0.25, -0.2) is 0 Å². The van der Waals surface area contributed by atoms with Crippen LogP contribution in [-0.4, -0.2) is 171 Å². The van der Waals surface area contributed by atoms with Crippen molar-refractivity contribution in [2.75, 3.05) is 165 Å². The van der Waals surface area contributed by atoms with Gasteiger partial charge >= 0.3 is 5.97 Å². The van der Waals surface area contributed by atoms with E-state index in [4.69, 9.17) is 68.0 Å². The SMILES string of the molecule is C#CCOCCOCCOCCOCCOCCOCCOCCOCCOCCOCCOCCOCCC(=O)OCC. The third-order valence-electron chi connectivity index (χ3n) is 5.03. The molecule has 0 saturated heterocycles. The summed E-state index contributed by atoms with van der Waals surface area (Å²) in [6, 6.07) is 0. The van der Waals surface area contributed by atoms with Gasteiger partial charge < -0.3 is 61.6 Å². The van der Waals surface area contributed by atoms with Crippen LogP contribution in [0.15, 0.2) is 0 Å². The van der Waals surface area contributed by atoms with E-state index in [-0.39, 0.29) is 12.4 Å². The molecule has 0 rings (SSSR count). The van der Waals surface area contributed by atoms with Crippen molar-refractivity contribution in [1.82, 2.24) is 0 Å². The Morgan fingerprint density at radius 2 is 0.636 bits per heavy atom. The first kappa shape index (κ1) is 42.6. The quantitative estimate of drug-likeness (QED) is 0.0534. The van der Waals surface area contributed by atoms with Crippen molar-refractivity contribution in [3.05, 3.63) is 0 Å². The predicted octanol–water partition coefficient (Wildman–Crippen LogP) is 0.772. The van der Waals surface area contributed by atoms with E-state index in [1.165, 1.54) is 0 Å². The molecule has 0 aromatic rings. The molecule has 0 atom stereocenters. The Labute approximate surface area is 263 Å². The Morgan fingerprint density at radius 3 is 0.864 bits per heavy atom. The summed E-state index contributed by atoms with van der Waals surface area (Å²) in [5.74, 6) is 2.14. The zero-order valence-corrected chi connectivity index (χ0v) is 26.7. The molecule has 0 fully saturated rings. The van der Waals surface area contributed by atoms with Gasteiger partial charge in [0.1, 0.15) is 6.61 Å². The second-order valence-electron chi connectivity index (χ2n) is 8.55. The fraction of sp³-hybridized carbons (Fsp3) is 0.900. The van der Waals surface area contributed by atoms with Crippen LogP contribution in [0.5, 0.6) is 0 Å². The highest BCUT2D eigenvalue weighted by Crippen LogP contribution is 1.90. The van der Waals surface area contributed by atoms with Crippen LogP contribution in [0.25, 0.3) is 0 Å². The number of terminal acetylenes is 1. The Balaban J connectivity index is 3.05. The Hall–Kier alpha value is -1.45. The van der Waals surface area contributed by atoms with Gasteiger partial charge in [-0.1, -0.05) is 5.92 Å². The smallest absolute Gasteiger partial charge is 0.308 e. The Morgan fingerprint density at radius 1 is 0.409 bits per heavy atom. The van der Waals surface area contributed by atoms with Gasteiger partial charge in [-0.3, -0.25) is 4.79 Å².